The van der Waals surface area contributed by atoms with Gasteiger partial charge in [-0.05, 0) is 55.2 Å². The van der Waals surface area contributed by atoms with Gasteiger partial charge in [0.25, 0.3) is 0 Å². The van der Waals surface area contributed by atoms with Gasteiger partial charge in [0.1, 0.15) is 23.5 Å². The highest BCUT2D eigenvalue weighted by Gasteiger charge is 2.25. The summed E-state index contributed by atoms with van der Waals surface area (Å²) in [6.07, 6.45) is 8.12. The van der Waals surface area contributed by atoms with Crippen LogP contribution in [0, 0.1) is 5.82 Å². The van der Waals surface area contributed by atoms with Gasteiger partial charge in [-0.1, -0.05) is 30.3 Å². The number of hydrogen-bond acceptors (Lipinski definition) is 6. The van der Waals surface area contributed by atoms with E-state index in [1.807, 2.05) is 33.6 Å². The van der Waals surface area contributed by atoms with Crippen molar-refractivity contribution in [3.8, 4) is 22.6 Å². The summed E-state index contributed by atoms with van der Waals surface area (Å²) in [5, 5.41) is 3.43. The SMILES string of the molecule is O=C(CCc1ccccc1)N1CCCC(Nc2nccc(-c3c(-c4ccc(F)cc4)nc4occn34)n2)C1. The van der Waals surface area contributed by atoms with E-state index in [0.29, 0.717) is 36.1 Å². The van der Waals surface area contributed by atoms with E-state index in [0.717, 1.165) is 37.1 Å². The number of carbonyl (C=O) groups is 1. The average Bonchev–Trinajstić information content (AvgIpc) is 3.55. The summed E-state index contributed by atoms with van der Waals surface area (Å²) in [4.78, 5) is 28.7. The molecule has 192 valence electrons. The molecule has 0 spiro atoms. The van der Waals surface area contributed by atoms with E-state index in [1.54, 1.807) is 30.8 Å². The Bertz CT molecular complexity index is 1550. The van der Waals surface area contributed by atoms with Crippen LogP contribution >= 0.6 is 0 Å². The molecule has 6 rings (SSSR count). The number of halogens is 1. The fourth-order valence-electron chi connectivity index (χ4n) is 4.96. The lowest BCUT2D eigenvalue weighted by Crippen LogP contribution is -2.45. The van der Waals surface area contributed by atoms with E-state index in [2.05, 4.69) is 27.4 Å². The number of oxazole rings is 1. The predicted octanol–water partition coefficient (Wildman–Crippen LogP) is 5.23. The van der Waals surface area contributed by atoms with Crippen LogP contribution in [0.25, 0.3) is 28.5 Å². The van der Waals surface area contributed by atoms with Gasteiger partial charge in [0, 0.05) is 43.5 Å². The van der Waals surface area contributed by atoms with Crippen molar-refractivity contribution in [1.29, 1.82) is 0 Å². The molecule has 1 unspecified atom stereocenters. The number of hydrogen-bond donors (Lipinski definition) is 1. The van der Waals surface area contributed by atoms with Crippen molar-refractivity contribution >= 4 is 17.7 Å². The lowest BCUT2D eigenvalue weighted by molar-refractivity contribution is -0.132. The Morgan fingerprint density at radius 2 is 1.92 bits per heavy atom. The molecule has 1 aliphatic rings. The second-order valence-electron chi connectivity index (χ2n) is 9.45. The van der Waals surface area contributed by atoms with E-state index in [1.165, 1.54) is 17.7 Å². The number of fused-ring (bicyclic) bond motifs is 1. The number of piperidine rings is 1. The highest BCUT2D eigenvalue weighted by molar-refractivity contribution is 5.80. The Morgan fingerprint density at radius 1 is 1.08 bits per heavy atom. The van der Waals surface area contributed by atoms with Gasteiger partial charge in [-0.25, -0.2) is 14.4 Å². The molecular weight excluding hydrogens is 483 g/mol. The lowest BCUT2D eigenvalue weighted by atomic mass is 10.0. The number of aryl methyl sites for hydroxylation is 1. The van der Waals surface area contributed by atoms with Gasteiger partial charge in [-0.3, -0.25) is 9.20 Å². The molecule has 0 radical (unpaired) electrons. The van der Waals surface area contributed by atoms with E-state index in [-0.39, 0.29) is 17.8 Å². The minimum absolute atomic E-state index is 0.0515. The summed E-state index contributed by atoms with van der Waals surface area (Å²) in [6.45, 7) is 1.38. The standard InChI is InChI=1S/C29H27FN6O2/c30-22-11-9-21(10-12-22)26-27(36-17-18-38-29(36)34-26)24-14-15-31-28(33-24)32-23-7-4-16-35(19-23)25(37)13-8-20-5-2-1-3-6-20/h1-3,5-6,9-12,14-15,17-18,23H,4,7-8,13,16,19H2,(H,31,32,33). The van der Waals surface area contributed by atoms with Crippen molar-refractivity contribution in [2.45, 2.75) is 31.7 Å². The highest BCUT2D eigenvalue weighted by atomic mass is 19.1. The largest absolute Gasteiger partial charge is 0.432 e. The molecule has 1 saturated heterocycles. The molecule has 8 nitrogen and oxygen atoms in total. The number of amides is 1. The van der Waals surface area contributed by atoms with Gasteiger partial charge in [-0.15, -0.1) is 0 Å². The quantitative estimate of drug-likeness (QED) is 0.323. The predicted molar refractivity (Wildman–Crippen MR) is 142 cm³/mol. The molecule has 1 fully saturated rings. The summed E-state index contributed by atoms with van der Waals surface area (Å²) >= 11 is 0. The van der Waals surface area contributed by atoms with Gasteiger partial charge in [0.05, 0.1) is 5.69 Å². The number of rotatable bonds is 7. The van der Waals surface area contributed by atoms with E-state index in [4.69, 9.17) is 9.40 Å². The summed E-state index contributed by atoms with van der Waals surface area (Å²) in [5.41, 5.74) is 3.95. The first-order valence-electron chi connectivity index (χ1n) is 12.8. The van der Waals surface area contributed by atoms with Gasteiger partial charge >= 0.3 is 5.84 Å². The fraction of sp³-hybridized carbons (Fsp3) is 0.241. The highest BCUT2D eigenvalue weighted by Crippen LogP contribution is 2.32. The zero-order valence-electron chi connectivity index (χ0n) is 20.8. The molecule has 5 aromatic rings. The van der Waals surface area contributed by atoms with E-state index >= 15 is 0 Å². The van der Waals surface area contributed by atoms with Crippen molar-refractivity contribution in [3.63, 3.8) is 0 Å². The third-order valence-electron chi connectivity index (χ3n) is 6.86. The van der Waals surface area contributed by atoms with Crippen molar-refractivity contribution in [2.24, 2.45) is 0 Å². The molecule has 1 N–H and O–H groups in total. The van der Waals surface area contributed by atoms with E-state index < -0.39 is 0 Å². The molecular formula is C29H27FN6O2. The van der Waals surface area contributed by atoms with Crippen LogP contribution in [0.2, 0.25) is 0 Å². The van der Waals surface area contributed by atoms with Crippen LogP contribution < -0.4 is 5.32 Å². The molecule has 9 heteroatoms. The summed E-state index contributed by atoms with van der Waals surface area (Å²) in [7, 11) is 0. The third-order valence-corrected chi connectivity index (χ3v) is 6.86. The average molecular weight is 511 g/mol. The molecule has 1 amide bonds. The number of nitrogens with one attached hydrogen (secondary N) is 1. The van der Waals surface area contributed by atoms with Crippen LogP contribution in [0.5, 0.6) is 0 Å². The van der Waals surface area contributed by atoms with E-state index in [9.17, 15) is 9.18 Å². The Labute approximate surface area is 219 Å². The van der Waals surface area contributed by atoms with Crippen LogP contribution in [-0.4, -0.2) is 49.3 Å². The fourth-order valence-corrected chi connectivity index (χ4v) is 4.96. The Hall–Kier alpha value is -4.53. The number of aromatic nitrogens is 4. The zero-order valence-corrected chi connectivity index (χ0v) is 20.8. The van der Waals surface area contributed by atoms with Crippen molar-refractivity contribution in [3.05, 3.63) is 90.7 Å². The molecule has 0 aliphatic carbocycles. The number of benzene rings is 2. The van der Waals surface area contributed by atoms with Crippen LogP contribution in [0.1, 0.15) is 24.8 Å². The zero-order chi connectivity index (χ0) is 25.9. The van der Waals surface area contributed by atoms with Gasteiger partial charge in [0.2, 0.25) is 11.9 Å². The molecule has 1 aliphatic heterocycles. The van der Waals surface area contributed by atoms with Gasteiger partial charge < -0.3 is 14.6 Å². The molecule has 0 bridgehead atoms. The topological polar surface area (TPSA) is 88.6 Å². The van der Waals surface area contributed by atoms with Crippen LogP contribution in [0.15, 0.2) is 83.7 Å². The number of likely N-dealkylation sites (tertiary alicyclic amines) is 1. The third kappa shape index (κ3) is 5.00. The first-order valence-corrected chi connectivity index (χ1v) is 12.8. The number of anilines is 1. The van der Waals surface area contributed by atoms with Crippen molar-refractivity contribution in [1.82, 2.24) is 24.3 Å². The molecule has 3 aromatic heterocycles. The number of carbonyl (C=O) groups excluding carboxylic acids is 1. The second-order valence-corrected chi connectivity index (χ2v) is 9.45. The smallest absolute Gasteiger partial charge is 0.306 e. The monoisotopic (exact) mass is 510 g/mol. The molecule has 1 atom stereocenters. The summed E-state index contributed by atoms with van der Waals surface area (Å²) in [5.74, 6) is 0.756. The van der Waals surface area contributed by atoms with Crippen LogP contribution in [0.4, 0.5) is 10.3 Å². The Morgan fingerprint density at radius 3 is 2.76 bits per heavy atom. The van der Waals surface area contributed by atoms with Crippen molar-refractivity contribution in [2.75, 3.05) is 18.4 Å². The first-order chi connectivity index (χ1) is 18.6. The molecule has 2 aromatic carbocycles. The van der Waals surface area contributed by atoms with Gasteiger partial charge in [0.15, 0.2) is 0 Å². The Balaban J connectivity index is 1.19. The molecule has 0 saturated carbocycles. The maximum absolute atomic E-state index is 13.5. The van der Waals surface area contributed by atoms with Crippen molar-refractivity contribution < 1.29 is 13.6 Å². The summed E-state index contributed by atoms with van der Waals surface area (Å²) < 4.78 is 20.9. The lowest BCUT2D eigenvalue weighted by Gasteiger charge is -2.33. The maximum Gasteiger partial charge on any atom is 0.306 e. The number of nitrogens with zero attached hydrogens (tertiary/aromatic N) is 5. The normalized spacial score (nSPS) is 15.6. The number of imidazole rings is 1. The molecule has 4 heterocycles. The summed E-state index contributed by atoms with van der Waals surface area (Å²) in [6, 6.07) is 18.1. The Kier molecular flexibility index (Phi) is 6.56. The second kappa shape index (κ2) is 10.5. The van der Waals surface area contributed by atoms with Crippen LogP contribution in [-0.2, 0) is 11.2 Å². The first kappa shape index (κ1) is 23.8. The molecule has 38 heavy (non-hydrogen) atoms. The van der Waals surface area contributed by atoms with Crippen LogP contribution in [0.3, 0.4) is 0 Å². The van der Waals surface area contributed by atoms with Gasteiger partial charge in [-0.2, -0.15) is 4.98 Å². The minimum Gasteiger partial charge on any atom is -0.432 e. The maximum atomic E-state index is 13.5. The minimum atomic E-state index is -0.313.